The number of carbonyl (C=O) groups excluding carboxylic acids is 1. The molecule has 0 saturated carbocycles. The summed E-state index contributed by atoms with van der Waals surface area (Å²) >= 11 is 5.72. The van der Waals surface area contributed by atoms with Crippen LogP contribution in [0.25, 0.3) is 0 Å². The molecule has 2 atom stereocenters. The largest absolute Gasteiger partial charge is 0.466 e. The van der Waals surface area contributed by atoms with Gasteiger partial charge in [0.05, 0.1) is 24.2 Å². The lowest BCUT2D eigenvalue weighted by Gasteiger charge is -2.18. The van der Waals surface area contributed by atoms with Crippen molar-refractivity contribution < 1.29 is 24.1 Å². The zero-order valence-electron chi connectivity index (χ0n) is 9.64. The third-order valence-electron chi connectivity index (χ3n) is 2.22. The molecule has 0 amide bonds. The predicted molar refractivity (Wildman–Crippen MR) is 61.4 cm³/mol. The zero-order valence-corrected chi connectivity index (χ0v) is 10.4. The van der Waals surface area contributed by atoms with E-state index in [1.54, 1.807) is 6.92 Å². The van der Waals surface area contributed by atoms with Crippen LogP contribution in [0.4, 0.5) is 4.39 Å². The Labute approximate surface area is 108 Å². The monoisotopic (exact) mass is 277 g/mol. The van der Waals surface area contributed by atoms with Gasteiger partial charge in [0.1, 0.15) is 6.10 Å². The highest BCUT2D eigenvalue weighted by atomic mass is 35.5. The molecule has 0 aliphatic heterocycles. The molecule has 0 aromatic carbocycles. The normalized spacial score (nSPS) is 14.1. The average molecular weight is 278 g/mol. The number of nitrogens with zero attached hydrogens (tertiary/aromatic N) is 1. The fraction of sp³-hybridized carbons (Fsp3) is 0.455. The molecule has 1 rings (SSSR count). The van der Waals surface area contributed by atoms with Crippen molar-refractivity contribution in [2.75, 3.05) is 6.61 Å². The van der Waals surface area contributed by atoms with Crippen LogP contribution in [0, 0.1) is 5.95 Å². The van der Waals surface area contributed by atoms with Crippen LogP contribution >= 0.6 is 11.6 Å². The maximum absolute atomic E-state index is 12.9. The third kappa shape index (κ3) is 3.90. The van der Waals surface area contributed by atoms with E-state index in [0.717, 1.165) is 12.3 Å². The Morgan fingerprint density at radius 3 is 2.89 bits per heavy atom. The number of hydrogen-bond acceptors (Lipinski definition) is 5. The Bertz CT molecular complexity index is 430. The van der Waals surface area contributed by atoms with Crippen LogP contribution in [0.1, 0.15) is 25.0 Å². The second kappa shape index (κ2) is 6.63. The van der Waals surface area contributed by atoms with E-state index in [4.69, 9.17) is 11.6 Å². The number of aromatic nitrogens is 1. The van der Waals surface area contributed by atoms with Crippen LogP contribution in [0.5, 0.6) is 0 Å². The Hall–Kier alpha value is -1.24. The van der Waals surface area contributed by atoms with Crippen molar-refractivity contribution in [2.45, 2.75) is 25.6 Å². The summed E-state index contributed by atoms with van der Waals surface area (Å²) in [4.78, 5) is 14.4. The van der Waals surface area contributed by atoms with Gasteiger partial charge in [-0.25, -0.2) is 4.98 Å². The highest BCUT2D eigenvalue weighted by molar-refractivity contribution is 6.31. The van der Waals surface area contributed by atoms with Crippen molar-refractivity contribution in [1.29, 1.82) is 0 Å². The van der Waals surface area contributed by atoms with Crippen LogP contribution in [0.15, 0.2) is 12.3 Å². The summed E-state index contributed by atoms with van der Waals surface area (Å²) < 4.78 is 17.5. The topological polar surface area (TPSA) is 79.7 Å². The molecule has 0 bridgehead atoms. The molecule has 5 nitrogen and oxygen atoms in total. The minimum atomic E-state index is -1.49. The number of esters is 1. The highest BCUT2D eigenvalue weighted by Crippen LogP contribution is 2.26. The fourth-order valence-corrected chi connectivity index (χ4v) is 1.58. The minimum absolute atomic E-state index is 0.00630. The van der Waals surface area contributed by atoms with Crippen LogP contribution < -0.4 is 0 Å². The maximum Gasteiger partial charge on any atom is 0.308 e. The van der Waals surface area contributed by atoms with Crippen molar-refractivity contribution in [2.24, 2.45) is 0 Å². The van der Waals surface area contributed by atoms with E-state index in [2.05, 4.69) is 9.72 Å². The molecule has 2 unspecified atom stereocenters. The van der Waals surface area contributed by atoms with Gasteiger partial charge in [-0.2, -0.15) is 4.39 Å². The van der Waals surface area contributed by atoms with Crippen molar-refractivity contribution in [3.8, 4) is 0 Å². The van der Waals surface area contributed by atoms with Crippen molar-refractivity contribution in [1.82, 2.24) is 4.98 Å². The lowest BCUT2D eigenvalue weighted by atomic mass is 10.0. The van der Waals surface area contributed by atoms with Gasteiger partial charge in [0.15, 0.2) is 0 Å². The van der Waals surface area contributed by atoms with Crippen molar-refractivity contribution in [3.63, 3.8) is 0 Å². The van der Waals surface area contributed by atoms with E-state index in [1.807, 2.05) is 0 Å². The van der Waals surface area contributed by atoms with E-state index < -0.39 is 30.5 Å². The molecular weight excluding hydrogens is 265 g/mol. The molecule has 1 aromatic rings. The lowest BCUT2D eigenvalue weighted by molar-refractivity contribution is -0.147. The molecule has 0 radical (unpaired) electrons. The Balaban J connectivity index is 2.76. The van der Waals surface area contributed by atoms with E-state index >= 15 is 0 Å². The summed E-state index contributed by atoms with van der Waals surface area (Å²) in [7, 11) is 0. The summed E-state index contributed by atoms with van der Waals surface area (Å²) in [6.45, 7) is 1.79. The molecule has 0 fully saturated rings. The van der Waals surface area contributed by atoms with Gasteiger partial charge >= 0.3 is 5.97 Å². The van der Waals surface area contributed by atoms with Gasteiger partial charge in [0, 0.05) is 17.8 Å². The molecular formula is C11H13ClFNO4. The predicted octanol–water partition coefficient (Wildman–Crippen LogP) is 1.22. The molecule has 1 heterocycles. The molecule has 0 aliphatic carbocycles. The molecule has 0 saturated heterocycles. The number of halogens is 2. The van der Waals surface area contributed by atoms with Gasteiger partial charge in [-0.1, -0.05) is 11.6 Å². The molecule has 7 heteroatoms. The molecule has 100 valence electrons. The number of pyridine rings is 1. The molecule has 1 aromatic heterocycles. The molecule has 2 N–H and O–H groups in total. The summed E-state index contributed by atoms with van der Waals surface area (Å²) in [5.41, 5.74) is -0.0269. The second-order valence-electron chi connectivity index (χ2n) is 3.55. The Morgan fingerprint density at radius 1 is 1.61 bits per heavy atom. The summed E-state index contributed by atoms with van der Waals surface area (Å²) in [5, 5.41) is 19.4. The second-order valence-corrected chi connectivity index (χ2v) is 3.96. The SMILES string of the molecule is CCOC(=O)CC(O)C(O)c1cc(F)ncc1Cl. The number of ether oxygens (including phenoxy) is 1. The Morgan fingerprint density at radius 2 is 2.28 bits per heavy atom. The Kier molecular flexibility index (Phi) is 5.46. The zero-order chi connectivity index (χ0) is 13.7. The average Bonchev–Trinajstić information content (AvgIpc) is 2.31. The van der Waals surface area contributed by atoms with E-state index in [1.165, 1.54) is 0 Å². The number of hydrogen-bond donors (Lipinski definition) is 2. The lowest BCUT2D eigenvalue weighted by Crippen LogP contribution is -2.23. The highest BCUT2D eigenvalue weighted by Gasteiger charge is 2.24. The number of aliphatic hydroxyl groups is 2. The van der Waals surface area contributed by atoms with Crippen LogP contribution in [-0.4, -0.2) is 33.9 Å². The van der Waals surface area contributed by atoms with Crippen molar-refractivity contribution >= 4 is 17.6 Å². The minimum Gasteiger partial charge on any atom is -0.466 e. The number of carbonyl (C=O) groups is 1. The van der Waals surface area contributed by atoms with Gasteiger partial charge < -0.3 is 14.9 Å². The summed E-state index contributed by atoms with van der Waals surface area (Å²) in [5.74, 6) is -1.49. The summed E-state index contributed by atoms with van der Waals surface area (Å²) in [6.07, 6.45) is -2.30. The first-order valence-corrected chi connectivity index (χ1v) is 5.66. The van der Waals surface area contributed by atoms with Crippen LogP contribution in [0.2, 0.25) is 5.02 Å². The van der Waals surface area contributed by atoms with Gasteiger partial charge in [-0.05, 0) is 6.92 Å². The van der Waals surface area contributed by atoms with Gasteiger partial charge in [0.25, 0.3) is 0 Å². The first-order chi connectivity index (χ1) is 8.45. The number of rotatable bonds is 5. The first kappa shape index (κ1) is 14.8. The first-order valence-electron chi connectivity index (χ1n) is 5.28. The van der Waals surface area contributed by atoms with E-state index in [0.29, 0.717) is 0 Å². The quantitative estimate of drug-likeness (QED) is 0.625. The maximum atomic E-state index is 12.9. The molecule has 0 spiro atoms. The third-order valence-corrected chi connectivity index (χ3v) is 2.53. The smallest absolute Gasteiger partial charge is 0.308 e. The van der Waals surface area contributed by atoms with Gasteiger partial charge in [-0.3, -0.25) is 4.79 Å². The number of aliphatic hydroxyl groups excluding tert-OH is 2. The standard InChI is InChI=1S/C11H13ClFNO4/c1-2-18-10(16)4-8(15)11(17)6-3-9(13)14-5-7(6)12/h3,5,8,11,15,17H,2,4H2,1H3. The van der Waals surface area contributed by atoms with Gasteiger partial charge in [-0.15, -0.1) is 0 Å². The van der Waals surface area contributed by atoms with Gasteiger partial charge in [0.2, 0.25) is 5.95 Å². The molecule has 0 aliphatic rings. The van der Waals surface area contributed by atoms with Crippen molar-refractivity contribution in [3.05, 3.63) is 28.8 Å². The van der Waals surface area contributed by atoms with Crippen LogP contribution in [-0.2, 0) is 9.53 Å². The van der Waals surface area contributed by atoms with E-state index in [9.17, 15) is 19.4 Å². The molecule has 18 heavy (non-hydrogen) atoms. The fourth-order valence-electron chi connectivity index (χ4n) is 1.36. The van der Waals surface area contributed by atoms with E-state index in [-0.39, 0.29) is 17.2 Å². The van der Waals surface area contributed by atoms with Crippen LogP contribution in [0.3, 0.4) is 0 Å². The summed E-state index contributed by atoms with van der Waals surface area (Å²) in [6, 6.07) is 0.904.